The molecule has 0 atom stereocenters. The lowest BCUT2D eigenvalue weighted by molar-refractivity contribution is 0.198. The molecular weight excluding hydrogens is 324 g/mol. The number of para-hydroxylation sites is 1. The van der Waals surface area contributed by atoms with Crippen molar-refractivity contribution >= 4 is 17.3 Å². The third-order valence-corrected chi connectivity index (χ3v) is 4.01. The number of benzene rings is 2. The summed E-state index contributed by atoms with van der Waals surface area (Å²) in [6.45, 7) is 2.29. The molecule has 1 aromatic heterocycles. The Hall–Kier alpha value is -2.92. The molecule has 134 valence electrons. The highest BCUT2D eigenvalue weighted by Gasteiger charge is 2.12. The van der Waals surface area contributed by atoms with E-state index in [-0.39, 0.29) is 0 Å². The normalized spacial score (nSPS) is 10.5. The van der Waals surface area contributed by atoms with Crippen molar-refractivity contribution in [2.24, 2.45) is 0 Å². The summed E-state index contributed by atoms with van der Waals surface area (Å²) in [5.74, 6) is 1.68. The lowest BCUT2D eigenvalue weighted by atomic mass is 10.2. The third kappa shape index (κ3) is 5.04. The first-order valence-corrected chi connectivity index (χ1v) is 8.78. The number of hydrogen-bond donors (Lipinski definition) is 1. The Morgan fingerprint density at radius 1 is 0.962 bits per heavy atom. The maximum Gasteiger partial charge on any atom is 0.138 e. The smallest absolute Gasteiger partial charge is 0.138 e. The number of ether oxygens (including phenoxy) is 1. The molecule has 5 heteroatoms. The van der Waals surface area contributed by atoms with E-state index in [1.807, 2.05) is 30.3 Å². The second kappa shape index (κ2) is 9.53. The summed E-state index contributed by atoms with van der Waals surface area (Å²) in [5, 5.41) is 3.33. The molecule has 26 heavy (non-hydrogen) atoms. The van der Waals surface area contributed by atoms with E-state index in [9.17, 15) is 0 Å². The van der Waals surface area contributed by atoms with Crippen LogP contribution in [-0.2, 0) is 11.3 Å². The first kappa shape index (κ1) is 17.9. The molecule has 2 aromatic carbocycles. The van der Waals surface area contributed by atoms with Crippen LogP contribution in [0.4, 0.5) is 17.3 Å². The number of anilines is 3. The van der Waals surface area contributed by atoms with E-state index in [0.717, 1.165) is 43.4 Å². The standard InChI is InChI=1S/C21H24N4O/c1-26-14-8-13-22-20-15-21(24-17-23-20)25(19-11-6-3-7-12-19)16-18-9-4-2-5-10-18/h2-7,9-12,15,17H,8,13-14,16H2,1H3,(H,22,23,24). The van der Waals surface area contributed by atoms with Crippen LogP contribution in [0.2, 0.25) is 0 Å². The van der Waals surface area contributed by atoms with Crippen molar-refractivity contribution in [3.05, 3.63) is 78.6 Å². The molecule has 0 spiro atoms. The number of methoxy groups -OCH3 is 1. The van der Waals surface area contributed by atoms with Crippen molar-refractivity contribution in [2.45, 2.75) is 13.0 Å². The maximum absolute atomic E-state index is 5.08. The van der Waals surface area contributed by atoms with Crippen LogP contribution in [0.3, 0.4) is 0 Å². The van der Waals surface area contributed by atoms with Gasteiger partial charge in [0.25, 0.3) is 0 Å². The number of nitrogens with zero attached hydrogens (tertiary/aromatic N) is 3. The minimum Gasteiger partial charge on any atom is -0.385 e. The van der Waals surface area contributed by atoms with Gasteiger partial charge in [0.05, 0.1) is 0 Å². The Labute approximate surface area is 154 Å². The Morgan fingerprint density at radius 3 is 2.42 bits per heavy atom. The average molecular weight is 348 g/mol. The van der Waals surface area contributed by atoms with Crippen molar-refractivity contribution in [1.29, 1.82) is 0 Å². The molecule has 5 nitrogen and oxygen atoms in total. The van der Waals surface area contributed by atoms with E-state index in [4.69, 9.17) is 4.74 Å². The van der Waals surface area contributed by atoms with Gasteiger partial charge >= 0.3 is 0 Å². The first-order chi connectivity index (χ1) is 12.9. The number of aromatic nitrogens is 2. The van der Waals surface area contributed by atoms with Crippen molar-refractivity contribution in [1.82, 2.24) is 9.97 Å². The molecule has 1 N–H and O–H groups in total. The van der Waals surface area contributed by atoms with Crippen LogP contribution in [0.25, 0.3) is 0 Å². The molecule has 0 aliphatic heterocycles. The molecule has 0 unspecified atom stereocenters. The van der Waals surface area contributed by atoms with Gasteiger partial charge in [0, 0.05) is 38.6 Å². The predicted octanol–water partition coefficient (Wildman–Crippen LogP) is 4.26. The zero-order valence-electron chi connectivity index (χ0n) is 15.0. The van der Waals surface area contributed by atoms with Gasteiger partial charge in [0.2, 0.25) is 0 Å². The van der Waals surface area contributed by atoms with Crippen LogP contribution >= 0.6 is 0 Å². The van der Waals surface area contributed by atoms with Crippen LogP contribution in [-0.4, -0.2) is 30.2 Å². The van der Waals surface area contributed by atoms with Crippen molar-refractivity contribution in [3.8, 4) is 0 Å². The highest BCUT2D eigenvalue weighted by Crippen LogP contribution is 2.26. The fourth-order valence-corrected chi connectivity index (χ4v) is 2.70. The molecule has 0 aliphatic rings. The van der Waals surface area contributed by atoms with Crippen molar-refractivity contribution in [3.63, 3.8) is 0 Å². The van der Waals surface area contributed by atoms with E-state index >= 15 is 0 Å². The topological polar surface area (TPSA) is 50.3 Å². The predicted molar refractivity (Wildman–Crippen MR) is 106 cm³/mol. The van der Waals surface area contributed by atoms with Gasteiger partial charge in [-0.3, -0.25) is 0 Å². The lowest BCUT2D eigenvalue weighted by Gasteiger charge is -2.24. The highest BCUT2D eigenvalue weighted by atomic mass is 16.5. The Balaban J connectivity index is 1.82. The van der Waals surface area contributed by atoms with Crippen molar-refractivity contribution < 1.29 is 4.74 Å². The maximum atomic E-state index is 5.08. The van der Waals surface area contributed by atoms with Gasteiger partial charge in [-0.15, -0.1) is 0 Å². The largest absolute Gasteiger partial charge is 0.385 e. The van der Waals surface area contributed by atoms with Gasteiger partial charge in [0.1, 0.15) is 18.0 Å². The molecule has 0 bridgehead atoms. The average Bonchev–Trinajstić information content (AvgIpc) is 2.71. The van der Waals surface area contributed by atoms with Gasteiger partial charge in [-0.1, -0.05) is 48.5 Å². The van der Waals surface area contributed by atoms with Crippen LogP contribution in [0, 0.1) is 0 Å². The molecule has 0 saturated carbocycles. The summed E-state index contributed by atoms with van der Waals surface area (Å²) in [4.78, 5) is 11.0. The molecular formula is C21H24N4O. The van der Waals surface area contributed by atoms with Crippen LogP contribution in [0.15, 0.2) is 73.1 Å². The summed E-state index contributed by atoms with van der Waals surface area (Å²) in [7, 11) is 1.71. The number of nitrogens with one attached hydrogen (secondary N) is 1. The molecule has 1 heterocycles. The zero-order valence-corrected chi connectivity index (χ0v) is 15.0. The molecule has 0 saturated heterocycles. The Morgan fingerprint density at radius 2 is 1.69 bits per heavy atom. The first-order valence-electron chi connectivity index (χ1n) is 8.78. The van der Waals surface area contributed by atoms with E-state index in [1.165, 1.54) is 5.56 Å². The van der Waals surface area contributed by atoms with E-state index in [0.29, 0.717) is 0 Å². The van der Waals surface area contributed by atoms with Crippen molar-refractivity contribution in [2.75, 3.05) is 30.5 Å². The fraction of sp³-hybridized carbons (Fsp3) is 0.238. The minimum absolute atomic E-state index is 0.731. The summed E-state index contributed by atoms with van der Waals surface area (Å²) in [6.07, 6.45) is 2.54. The van der Waals surface area contributed by atoms with E-state index in [1.54, 1.807) is 13.4 Å². The molecule has 0 aliphatic carbocycles. The fourth-order valence-electron chi connectivity index (χ4n) is 2.70. The lowest BCUT2D eigenvalue weighted by Crippen LogP contribution is -2.18. The van der Waals surface area contributed by atoms with Gasteiger partial charge in [-0.05, 0) is 24.1 Å². The van der Waals surface area contributed by atoms with Gasteiger partial charge in [0.15, 0.2) is 0 Å². The molecule has 0 radical (unpaired) electrons. The summed E-state index contributed by atoms with van der Waals surface area (Å²) >= 11 is 0. The monoisotopic (exact) mass is 348 g/mol. The number of rotatable bonds is 9. The molecule has 3 aromatic rings. The minimum atomic E-state index is 0.731. The van der Waals surface area contributed by atoms with Gasteiger partial charge < -0.3 is 15.0 Å². The second-order valence-electron chi connectivity index (χ2n) is 5.94. The summed E-state index contributed by atoms with van der Waals surface area (Å²) in [6, 6.07) is 22.7. The number of hydrogen-bond acceptors (Lipinski definition) is 5. The second-order valence-corrected chi connectivity index (χ2v) is 5.94. The summed E-state index contributed by atoms with van der Waals surface area (Å²) < 4.78 is 5.08. The highest BCUT2D eigenvalue weighted by molar-refractivity contribution is 5.62. The molecule has 0 amide bonds. The molecule has 0 fully saturated rings. The quantitative estimate of drug-likeness (QED) is 0.586. The zero-order chi connectivity index (χ0) is 18.0. The third-order valence-electron chi connectivity index (χ3n) is 4.01. The summed E-state index contributed by atoms with van der Waals surface area (Å²) in [5.41, 5.74) is 2.32. The van der Waals surface area contributed by atoms with Gasteiger partial charge in [-0.2, -0.15) is 0 Å². The van der Waals surface area contributed by atoms with E-state index in [2.05, 4.69) is 56.6 Å². The van der Waals surface area contributed by atoms with Crippen LogP contribution in [0.1, 0.15) is 12.0 Å². The van der Waals surface area contributed by atoms with Gasteiger partial charge in [-0.25, -0.2) is 9.97 Å². The molecule has 3 rings (SSSR count). The van der Waals surface area contributed by atoms with Crippen LogP contribution < -0.4 is 10.2 Å². The van der Waals surface area contributed by atoms with Crippen LogP contribution in [0.5, 0.6) is 0 Å². The van der Waals surface area contributed by atoms with E-state index < -0.39 is 0 Å². The Bertz CT molecular complexity index is 780. The Kier molecular flexibility index (Phi) is 6.56. The SMILES string of the molecule is COCCCNc1cc(N(Cc2ccccc2)c2ccccc2)ncn1.